The topological polar surface area (TPSA) is 140 Å². The van der Waals surface area contributed by atoms with Gasteiger partial charge in [0.15, 0.2) is 0 Å². The molecule has 0 saturated carbocycles. The molecule has 0 aromatic heterocycles. The first kappa shape index (κ1) is 31.4. The maximum absolute atomic E-state index is 13.1. The van der Waals surface area contributed by atoms with E-state index >= 15 is 0 Å². The summed E-state index contributed by atoms with van der Waals surface area (Å²) in [5, 5.41) is 4.91. The van der Waals surface area contributed by atoms with E-state index < -0.39 is 29.7 Å². The number of carbonyl (C=O) groups is 5. The van der Waals surface area contributed by atoms with Gasteiger partial charge >= 0.3 is 0 Å². The molecule has 5 amide bonds. The minimum atomic E-state index is -1.05. The average Bonchev–Trinajstić information content (AvgIpc) is 3.18. The van der Waals surface area contributed by atoms with Crippen LogP contribution in [0, 0.1) is 0 Å². The third-order valence-corrected chi connectivity index (χ3v) is 6.82. The van der Waals surface area contributed by atoms with Crippen molar-refractivity contribution in [3.8, 4) is 0 Å². The molecule has 220 valence electrons. The Morgan fingerprint density at radius 1 is 0.875 bits per heavy atom. The molecule has 0 radical (unpaired) electrons. The van der Waals surface area contributed by atoms with Gasteiger partial charge in [-0.1, -0.05) is 38.7 Å². The zero-order chi connectivity index (χ0) is 28.7. The third kappa shape index (κ3) is 9.21. The summed E-state index contributed by atoms with van der Waals surface area (Å²) in [6.07, 6.45) is 7.40. The summed E-state index contributed by atoms with van der Waals surface area (Å²) >= 11 is 0. The lowest BCUT2D eigenvalue weighted by molar-refractivity contribution is -0.136. The Labute approximate surface area is 235 Å². The quantitative estimate of drug-likeness (QED) is 0.195. The number of imide groups is 2. The number of hydrogen-bond acceptors (Lipinski definition) is 8. The van der Waals surface area contributed by atoms with Crippen molar-refractivity contribution < 1.29 is 38.2 Å². The zero-order valence-corrected chi connectivity index (χ0v) is 23.3. The molecule has 2 aliphatic heterocycles. The van der Waals surface area contributed by atoms with Crippen LogP contribution in [0.5, 0.6) is 0 Å². The van der Waals surface area contributed by atoms with Crippen molar-refractivity contribution in [1.82, 2.24) is 10.2 Å². The predicted molar refractivity (Wildman–Crippen MR) is 147 cm³/mol. The molecule has 0 bridgehead atoms. The van der Waals surface area contributed by atoms with Crippen LogP contribution in [0.15, 0.2) is 18.2 Å². The molecular weight excluding hydrogens is 518 g/mol. The molecule has 1 unspecified atom stereocenters. The number of rotatable bonds is 19. The van der Waals surface area contributed by atoms with Crippen LogP contribution in [0.25, 0.3) is 0 Å². The number of benzene rings is 1. The van der Waals surface area contributed by atoms with Crippen LogP contribution in [0.4, 0.5) is 5.69 Å². The summed E-state index contributed by atoms with van der Waals surface area (Å²) in [5.74, 6) is -2.64. The number of amides is 5. The van der Waals surface area contributed by atoms with E-state index in [2.05, 4.69) is 17.6 Å². The van der Waals surface area contributed by atoms with Crippen molar-refractivity contribution >= 4 is 35.2 Å². The van der Waals surface area contributed by atoms with E-state index in [9.17, 15) is 24.0 Å². The number of hydrogen-bond donors (Lipinski definition) is 2. The number of anilines is 1. The van der Waals surface area contributed by atoms with Crippen molar-refractivity contribution in [2.24, 2.45) is 0 Å². The normalized spacial score (nSPS) is 16.8. The van der Waals surface area contributed by atoms with Gasteiger partial charge in [0.25, 0.3) is 11.8 Å². The minimum absolute atomic E-state index is 0.0426. The standard InChI is InChI=1S/C29H41N3O8/c1-2-3-4-7-15-38-17-19-40-20-18-39-16-8-5-6-12-24(33)30-22-11-9-10-21-26(22)29(37)32(28(21)36)23-13-14-25(34)31-27(23)35/h9-11,23H,2-8,12-20H2,1H3,(H,30,33)(H,31,34,35). The molecule has 3 rings (SSSR count). The summed E-state index contributed by atoms with van der Waals surface area (Å²) in [4.78, 5) is 63.2. The van der Waals surface area contributed by atoms with Crippen molar-refractivity contribution in [3.05, 3.63) is 29.3 Å². The van der Waals surface area contributed by atoms with Crippen LogP contribution in [0.2, 0.25) is 0 Å². The van der Waals surface area contributed by atoms with Crippen LogP contribution in [-0.2, 0) is 28.6 Å². The number of nitrogens with one attached hydrogen (secondary N) is 2. The van der Waals surface area contributed by atoms with Crippen molar-refractivity contribution in [2.75, 3.05) is 45.0 Å². The Balaban J connectivity index is 1.29. The fraction of sp³-hybridized carbons (Fsp3) is 0.621. The highest BCUT2D eigenvalue weighted by Gasteiger charge is 2.45. The molecule has 1 aromatic carbocycles. The summed E-state index contributed by atoms with van der Waals surface area (Å²) in [6.45, 7) is 5.74. The zero-order valence-electron chi connectivity index (χ0n) is 23.3. The van der Waals surface area contributed by atoms with E-state index in [-0.39, 0.29) is 42.0 Å². The second-order valence-corrected chi connectivity index (χ2v) is 9.93. The lowest BCUT2D eigenvalue weighted by Gasteiger charge is -2.27. The monoisotopic (exact) mass is 559 g/mol. The predicted octanol–water partition coefficient (Wildman–Crippen LogP) is 3.22. The van der Waals surface area contributed by atoms with Crippen LogP contribution in [-0.4, -0.2) is 80.1 Å². The first-order valence-electron chi connectivity index (χ1n) is 14.3. The molecule has 40 heavy (non-hydrogen) atoms. The number of piperidine rings is 1. The van der Waals surface area contributed by atoms with Crippen LogP contribution in [0.1, 0.15) is 91.8 Å². The molecule has 1 saturated heterocycles. The first-order valence-corrected chi connectivity index (χ1v) is 14.3. The SMILES string of the molecule is CCCCCCOCCOCCOCCCCCC(=O)Nc1cccc2c1C(=O)N(C1CCC(=O)NC1=O)C2=O. The van der Waals surface area contributed by atoms with Crippen LogP contribution < -0.4 is 10.6 Å². The summed E-state index contributed by atoms with van der Waals surface area (Å²) in [5.41, 5.74) is 0.434. The van der Waals surface area contributed by atoms with Gasteiger partial charge in [-0.2, -0.15) is 0 Å². The van der Waals surface area contributed by atoms with Gasteiger partial charge in [-0.05, 0) is 37.8 Å². The highest BCUT2D eigenvalue weighted by molar-refractivity contribution is 6.26. The summed E-state index contributed by atoms with van der Waals surface area (Å²) in [6, 6.07) is 3.58. The molecule has 2 N–H and O–H groups in total. The Kier molecular flexibility index (Phi) is 13.2. The molecule has 11 nitrogen and oxygen atoms in total. The number of unbranched alkanes of at least 4 members (excludes halogenated alkanes) is 5. The summed E-state index contributed by atoms with van der Waals surface area (Å²) < 4.78 is 16.6. The van der Waals surface area contributed by atoms with E-state index in [0.29, 0.717) is 39.5 Å². The van der Waals surface area contributed by atoms with Gasteiger partial charge in [0, 0.05) is 26.1 Å². The summed E-state index contributed by atoms with van der Waals surface area (Å²) in [7, 11) is 0. The molecule has 1 aromatic rings. The highest BCUT2D eigenvalue weighted by Crippen LogP contribution is 2.32. The fourth-order valence-corrected chi connectivity index (χ4v) is 4.67. The second kappa shape index (κ2) is 16.8. The van der Waals surface area contributed by atoms with E-state index in [1.54, 1.807) is 12.1 Å². The Bertz CT molecular complexity index is 1040. The van der Waals surface area contributed by atoms with Crippen molar-refractivity contribution in [3.63, 3.8) is 0 Å². The van der Waals surface area contributed by atoms with Gasteiger partial charge in [0.1, 0.15) is 6.04 Å². The fourth-order valence-electron chi connectivity index (χ4n) is 4.67. The Morgan fingerprint density at radius 2 is 1.52 bits per heavy atom. The third-order valence-electron chi connectivity index (χ3n) is 6.82. The lowest BCUT2D eigenvalue weighted by atomic mass is 10.0. The lowest BCUT2D eigenvalue weighted by Crippen LogP contribution is -2.54. The minimum Gasteiger partial charge on any atom is -0.379 e. The number of nitrogens with zero attached hydrogens (tertiary/aromatic N) is 1. The van der Waals surface area contributed by atoms with E-state index in [4.69, 9.17) is 14.2 Å². The Hall–Kier alpha value is -3.15. The maximum Gasteiger partial charge on any atom is 0.264 e. The number of carbonyl (C=O) groups excluding carboxylic acids is 5. The smallest absolute Gasteiger partial charge is 0.264 e. The second-order valence-electron chi connectivity index (χ2n) is 9.93. The number of fused-ring (bicyclic) bond motifs is 1. The molecule has 0 aliphatic carbocycles. The molecule has 1 fully saturated rings. The molecule has 1 atom stereocenters. The van der Waals surface area contributed by atoms with E-state index in [1.807, 2.05) is 0 Å². The average molecular weight is 560 g/mol. The van der Waals surface area contributed by atoms with Crippen molar-refractivity contribution in [1.29, 1.82) is 0 Å². The van der Waals surface area contributed by atoms with E-state index in [1.165, 1.54) is 25.3 Å². The van der Waals surface area contributed by atoms with Gasteiger partial charge in [-0.15, -0.1) is 0 Å². The van der Waals surface area contributed by atoms with Gasteiger partial charge in [-0.25, -0.2) is 0 Å². The van der Waals surface area contributed by atoms with Crippen LogP contribution >= 0.6 is 0 Å². The van der Waals surface area contributed by atoms with Gasteiger partial charge in [-0.3, -0.25) is 34.2 Å². The molecular formula is C29H41N3O8. The first-order chi connectivity index (χ1) is 19.4. The van der Waals surface area contributed by atoms with Gasteiger partial charge in [0.05, 0.1) is 43.2 Å². The Morgan fingerprint density at radius 3 is 2.17 bits per heavy atom. The van der Waals surface area contributed by atoms with Crippen molar-refractivity contribution in [2.45, 2.75) is 77.2 Å². The molecule has 0 spiro atoms. The van der Waals surface area contributed by atoms with Gasteiger partial charge in [0.2, 0.25) is 17.7 Å². The molecule has 2 heterocycles. The van der Waals surface area contributed by atoms with Gasteiger partial charge < -0.3 is 19.5 Å². The largest absolute Gasteiger partial charge is 0.379 e. The molecule has 2 aliphatic rings. The van der Waals surface area contributed by atoms with E-state index in [0.717, 1.165) is 30.8 Å². The van der Waals surface area contributed by atoms with Crippen LogP contribution in [0.3, 0.4) is 0 Å². The maximum atomic E-state index is 13.1. The highest BCUT2D eigenvalue weighted by atomic mass is 16.5. The molecule has 11 heteroatoms. The number of ether oxygens (including phenoxy) is 3.